The van der Waals surface area contributed by atoms with E-state index in [0.717, 1.165) is 6.54 Å². The van der Waals surface area contributed by atoms with Crippen LogP contribution in [0.4, 0.5) is 0 Å². The van der Waals surface area contributed by atoms with E-state index in [-0.39, 0.29) is 0 Å². The topological polar surface area (TPSA) is 3.24 Å². The summed E-state index contributed by atoms with van der Waals surface area (Å²) in [5, 5.41) is 2.13. The number of rotatable bonds is 4. The molecule has 1 aromatic rings. The summed E-state index contributed by atoms with van der Waals surface area (Å²) in [5.41, 5.74) is 0. The Morgan fingerprint density at radius 1 is 1.43 bits per heavy atom. The minimum absolute atomic E-state index is 0.629. The van der Waals surface area contributed by atoms with Crippen LogP contribution in [0.15, 0.2) is 15.9 Å². The van der Waals surface area contributed by atoms with Gasteiger partial charge in [-0.1, -0.05) is 13.8 Å². The predicted octanol–water partition coefficient (Wildman–Crippen LogP) is 3.99. The van der Waals surface area contributed by atoms with Gasteiger partial charge in [-0.05, 0) is 47.3 Å². The van der Waals surface area contributed by atoms with Gasteiger partial charge in [-0.3, -0.25) is 4.90 Å². The third-order valence-electron chi connectivity index (χ3n) is 2.74. The Morgan fingerprint density at radius 3 is 2.50 bits per heavy atom. The fraction of sp³-hybridized carbons (Fsp3) is 0.636. The lowest BCUT2D eigenvalue weighted by Crippen LogP contribution is -2.32. The molecule has 80 valence electrons. The Kier molecular flexibility index (Phi) is 4.61. The standard InChI is InChI=1S/C11H18BrNS/c1-8(2)9(3)13(4)7-11-10(12)5-6-14-11/h5-6,8-9H,7H2,1-4H3. The van der Waals surface area contributed by atoms with E-state index in [0.29, 0.717) is 12.0 Å². The monoisotopic (exact) mass is 275 g/mol. The zero-order valence-electron chi connectivity index (χ0n) is 9.25. The van der Waals surface area contributed by atoms with E-state index in [1.165, 1.54) is 9.35 Å². The minimum atomic E-state index is 0.629. The summed E-state index contributed by atoms with van der Waals surface area (Å²) in [6.07, 6.45) is 0. The van der Waals surface area contributed by atoms with Crippen molar-refractivity contribution < 1.29 is 0 Å². The van der Waals surface area contributed by atoms with Crippen LogP contribution in [0, 0.1) is 5.92 Å². The van der Waals surface area contributed by atoms with Crippen LogP contribution in [0.25, 0.3) is 0 Å². The zero-order valence-corrected chi connectivity index (χ0v) is 11.7. The maximum absolute atomic E-state index is 3.56. The normalized spacial score (nSPS) is 13.9. The van der Waals surface area contributed by atoms with E-state index in [1.807, 2.05) is 11.3 Å². The molecule has 0 fully saturated rings. The molecule has 0 aromatic carbocycles. The molecular formula is C11H18BrNS. The molecule has 1 atom stereocenters. The summed E-state index contributed by atoms with van der Waals surface area (Å²) in [4.78, 5) is 3.82. The number of hydrogen-bond donors (Lipinski definition) is 0. The second-order valence-corrected chi connectivity index (χ2v) is 5.95. The third-order valence-corrected chi connectivity index (χ3v) is 4.66. The maximum atomic E-state index is 3.56. The highest BCUT2D eigenvalue weighted by molar-refractivity contribution is 9.10. The van der Waals surface area contributed by atoms with Gasteiger partial charge < -0.3 is 0 Å². The Labute approximate surface area is 99.3 Å². The van der Waals surface area contributed by atoms with E-state index < -0.39 is 0 Å². The number of hydrogen-bond acceptors (Lipinski definition) is 2. The largest absolute Gasteiger partial charge is 0.298 e. The zero-order chi connectivity index (χ0) is 10.7. The first-order valence-electron chi connectivity index (χ1n) is 4.94. The van der Waals surface area contributed by atoms with Gasteiger partial charge in [-0.25, -0.2) is 0 Å². The highest BCUT2D eigenvalue weighted by Gasteiger charge is 2.14. The van der Waals surface area contributed by atoms with Crippen molar-refractivity contribution in [2.45, 2.75) is 33.4 Å². The molecule has 1 nitrogen and oxygen atoms in total. The maximum Gasteiger partial charge on any atom is 0.0339 e. The molecule has 0 radical (unpaired) electrons. The highest BCUT2D eigenvalue weighted by atomic mass is 79.9. The summed E-state index contributed by atoms with van der Waals surface area (Å²) in [6.45, 7) is 7.86. The van der Waals surface area contributed by atoms with E-state index >= 15 is 0 Å². The van der Waals surface area contributed by atoms with Gasteiger partial charge in [0.1, 0.15) is 0 Å². The van der Waals surface area contributed by atoms with Crippen LogP contribution in [-0.4, -0.2) is 18.0 Å². The summed E-state index contributed by atoms with van der Waals surface area (Å²) in [7, 11) is 2.19. The van der Waals surface area contributed by atoms with Gasteiger partial charge in [0.2, 0.25) is 0 Å². The van der Waals surface area contributed by atoms with Gasteiger partial charge in [-0.2, -0.15) is 0 Å². The molecule has 0 spiro atoms. The average Bonchev–Trinajstić information content (AvgIpc) is 2.50. The average molecular weight is 276 g/mol. The van der Waals surface area contributed by atoms with Crippen molar-refractivity contribution in [3.8, 4) is 0 Å². The fourth-order valence-electron chi connectivity index (χ4n) is 1.32. The second kappa shape index (κ2) is 5.29. The van der Waals surface area contributed by atoms with Gasteiger partial charge in [0.25, 0.3) is 0 Å². The van der Waals surface area contributed by atoms with E-state index in [4.69, 9.17) is 0 Å². The summed E-state index contributed by atoms with van der Waals surface area (Å²) >= 11 is 5.38. The molecule has 0 saturated heterocycles. The van der Waals surface area contributed by atoms with Crippen molar-refractivity contribution in [1.29, 1.82) is 0 Å². The van der Waals surface area contributed by atoms with Crippen molar-refractivity contribution in [3.63, 3.8) is 0 Å². The van der Waals surface area contributed by atoms with Gasteiger partial charge >= 0.3 is 0 Å². The van der Waals surface area contributed by atoms with Crippen molar-refractivity contribution in [1.82, 2.24) is 4.90 Å². The SMILES string of the molecule is CC(C)C(C)N(C)Cc1sccc1Br. The lowest BCUT2D eigenvalue weighted by atomic mass is 10.1. The first-order chi connectivity index (χ1) is 6.52. The number of halogens is 1. The molecular weight excluding hydrogens is 258 g/mol. The number of nitrogens with zero attached hydrogens (tertiary/aromatic N) is 1. The van der Waals surface area contributed by atoms with Gasteiger partial charge in [0.05, 0.1) is 0 Å². The van der Waals surface area contributed by atoms with E-state index in [2.05, 4.69) is 60.1 Å². The first-order valence-corrected chi connectivity index (χ1v) is 6.61. The highest BCUT2D eigenvalue weighted by Crippen LogP contribution is 2.25. The Balaban J connectivity index is 2.57. The van der Waals surface area contributed by atoms with Crippen molar-refractivity contribution in [3.05, 3.63) is 20.8 Å². The molecule has 0 aliphatic heterocycles. The molecule has 1 rings (SSSR count). The molecule has 0 N–H and O–H groups in total. The minimum Gasteiger partial charge on any atom is -0.298 e. The summed E-state index contributed by atoms with van der Waals surface area (Å²) < 4.78 is 1.24. The van der Waals surface area contributed by atoms with Crippen molar-refractivity contribution >= 4 is 27.3 Å². The van der Waals surface area contributed by atoms with Crippen LogP contribution in [0.1, 0.15) is 25.6 Å². The molecule has 3 heteroatoms. The van der Waals surface area contributed by atoms with Gasteiger partial charge in [-0.15, -0.1) is 11.3 Å². The Hall–Kier alpha value is 0.140. The van der Waals surface area contributed by atoms with Crippen LogP contribution < -0.4 is 0 Å². The van der Waals surface area contributed by atoms with Gasteiger partial charge in [0.15, 0.2) is 0 Å². The quantitative estimate of drug-likeness (QED) is 0.803. The van der Waals surface area contributed by atoms with Crippen molar-refractivity contribution in [2.75, 3.05) is 7.05 Å². The van der Waals surface area contributed by atoms with Crippen molar-refractivity contribution in [2.24, 2.45) is 5.92 Å². The van der Waals surface area contributed by atoms with Crippen LogP contribution >= 0.6 is 27.3 Å². The van der Waals surface area contributed by atoms with Gasteiger partial charge in [0, 0.05) is 21.9 Å². The summed E-state index contributed by atoms with van der Waals surface area (Å²) in [6, 6.07) is 2.75. The molecule has 0 amide bonds. The lowest BCUT2D eigenvalue weighted by molar-refractivity contribution is 0.202. The summed E-state index contributed by atoms with van der Waals surface area (Å²) in [5.74, 6) is 0.707. The molecule has 0 saturated carbocycles. The fourth-order valence-corrected chi connectivity index (χ4v) is 2.86. The molecule has 1 aromatic heterocycles. The second-order valence-electron chi connectivity index (χ2n) is 4.09. The van der Waals surface area contributed by atoms with Crippen LogP contribution in [0.2, 0.25) is 0 Å². The molecule has 14 heavy (non-hydrogen) atoms. The first kappa shape index (κ1) is 12.2. The molecule has 1 unspecified atom stereocenters. The molecule has 0 bridgehead atoms. The molecule has 1 heterocycles. The number of thiophene rings is 1. The Morgan fingerprint density at radius 2 is 2.07 bits per heavy atom. The molecule has 0 aliphatic rings. The van der Waals surface area contributed by atoms with E-state index in [1.54, 1.807) is 0 Å². The smallest absolute Gasteiger partial charge is 0.0339 e. The van der Waals surface area contributed by atoms with Crippen LogP contribution in [-0.2, 0) is 6.54 Å². The van der Waals surface area contributed by atoms with Crippen LogP contribution in [0.5, 0.6) is 0 Å². The lowest BCUT2D eigenvalue weighted by Gasteiger charge is -2.27. The van der Waals surface area contributed by atoms with E-state index in [9.17, 15) is 0 Å². The van der Waals surface area contributed by atoms with Crippen LogP contribution in [0.3, 0.4) is 0 Å². The third kappa shape index (κ3) is 3.07. The molecule has 0 aliphatic carbocycles. The predicted molar refractivity (Wildman–Crippen MR) is 67.8 cm³/mol. The Bertz CT molecular complexity index is 283.